The molecule has 2 N–H and O–H groups in total. The van der Waals surface area contributed by atoms with E-state index >= 15 is 0 Å². The predicted molar refractivity (Wildman–Crippen MR) is 104 cm³/mol. The molecule has 2 heterocycles. The van der Waals surface area contributed by atoms with Crippen molar-refractivity contribution in [2.75, 3.05) is 19.6 Å². The van der Waals surface area contributed by atoms with Crippen molar-refractivity contribution in [3.05, 3.63) is 40.8 Å². The van der Waals surface area contributed by atoms with Gasteiger partial charge in [0.1, 0.15) is 16.5 Å². The fourth-order valence-corrected chi connectivity index (χ4v) is 4.37. The molecule has 2 aliphatic rings. The van der Waals surface area contributed by atoms with Gasteiger partial charge in [-0.25, -0.2) is 8.78 Å². The Morgan fingerprint density at radius 2 is 2.03 bits per heavy atom. The number of halogens is 2. The van der Waals surface area contributed by atoms with Crippen LogP contribution < -0.4 is 5.32 Å². The molecule has 2 aromatic rings. The molecule has 1 saturated heterocycles. The third kappa shape index (κ3) is 4.62. The van der Waals surface area contributed by atoms with Crippen LogP contribution in [-0.4, -0.2) is 51.9 Å². The topological polar surface area (TPSA) is 82.5 Å². The summed E-state index contributed by atoms with van der Waals surface area (Å²) < 4.78 is 31.1. The Morgan fingerprint density at radius 1 is 1.24 bits per heavy atom. The number of piperidine rings is 1. The maximum Gasteiger partial charge on any atom is 0.309 e. The number of nitrogens with zero attached hydrogens (tertiary/aromatic N) is 2. The van der Waals surface area contributed by atoms with E-state index < -0.39 is 35.5 Å². The molecule has 6 nitrogen and oxygen atoms in total. The first-order valence-corrected chi connectivity index (χ1v) is 10.4. The van der Waals surface area contributed by atoms with Gasteiger partial charge in [-0.2, -0.15) is 4.37 Å². The van der Waals surface area contributed by atoms with Crippen LogP contribution in [0, 0.1) is 23.5 Å². The molecular weight excluding hydrogens is 400 g/mol. The van der Waals surface area contributed by atoms with Crippen LogP contribution in [0.4, 0.5) is 8.78 Å². The zero-order chi connectivity index (χ0) is 20.5. The fraction of sp³-hybridized carbons (Fsp3) is 0.450. The summed E-state index contributed by atoms with van der Waals surface area (Å²) in [4.78, 5) is 26.8. The Morgan fingerprint density at radius 3 is 2.72 bits per heavy atom. The molecule has 1 amide bonds. The van der Waals surface area contributed by atoms with Crippen LogP contribution in [0.5, 0.6) is 0 Å². The van der Waals surface area contributed by atoms with Crippen LogP contribution >= 0.6 is 11.5 Å². The first-order valence-electron chi connectivity index (χ1n) is 9.59. The Kier molecular flexibility index (Phi) is 5.60. The molecule has 2 atom stereocenters. The highest BCUT2D eigenvalue weighted by Gasteiger charge is 2.37. The highest BCUT2D eigenvalue weighted by molar-refractivity contribution is 7.08. The number of hydrogen-bond donors (Lipinski definition) is 2. The summed E-state index contributed by atoms with van der Waals surface area (Å²) >= 11 is 0.901. The smallest absolute Gasteiger partial charge is 0.309 e. The van der Waals surface area contributed by atoms with Crippen molar-refractivity contribution >= 4 is 23.4 Å². The van der Waals surface area contributed by atoms with E-state index in [0.29, 0.717) is 18.9 Å². The lowest BCUT2D eigenvalue weighted by Crippen LogP contribution is -2.53. The first kappa shape index (κ1) is 19.9. The van der Waals surface area contributed by atoms with Crippen LogP contribution in [0.3, 0.4) is 0 Å². The summed E-state index contributed by atoms with van der Waals surface area (Å²) in [6.45, 7) is 2.09. The van der Waals surface area contributed by atoms with Crippen LogP contribution in [0.25, 0.3) is 11.3 Å². The molecule has 0 radical (unpaired) electrons. The Balaban J connectivity index is 1.43. The summed E-state index contributed by atoms with van der Waals surface area (Å²) in [5.41, 5.74) is 0.352. The van der Waals surface area contributed by atoms with Crippen molar-refractivity contribution in [1.82, 2.24) is 14.6 Å². The molecule has 1 aliphatic carbocycles. The van der Waals surface area contributed by atoms with Gasteiger partial charge in [0.2, 0.25) is 0 Å². The predicted octanol–water partition coefficient (Wildman–Crippen LogP) is 3.00. The molecule has 1 saturated carbocycles. The van der Waals surface area contributed by atoms with Crippen molar-refractivity contribution in [1.29, 1.82) is 0 Å². The molecule has 1 aromatic heterocycles. The van der Waals surface area contributed by atoms with E-state index in [0.717, 1.165) is 36.8 Å². The largest absolute Gasteiger partial charge is 0.481 e. The number of likely N-dealkylation sites (tertiary alicyclic amines) is 1. The minimum Gasteiger partial charge on any atom is -0.481 e. The van der Waals surface area contributed by atoms with E-state index in [2.05, 4.69) is 14.6 Å². The Hall–Kier alpha value is -2.39. The second-order valence-corrected chi connectivity index (χ2v) is 8.52. The number of hydrogen-bond acceptors (Lipinski definition) is 5. The number of carboxylic acids is 1. The molecule has 154 valence electrons. The van der Waals surface area contributed by atoms with Crippen molar-refractivity contribution < 1.29 is 23.5 Å². The molecule has 0 bridgehead atoms. The first-order chi connectivity index (χ1) is 13.9. The van der Waals surface area contributed by atoms with E-state index in [-0.39, 0.29) is 16.1 Å². The van der Waals surface area contributed by atoms with Gasteiger partial charge in [0.15, 0.2) is 0 Å². The van der Waals surface area contributed by atoms with Gasteiger partial charge in [0.05, 0.1) is 11.6 Å². The number of amides is 1. The number of nitrogens with one attached hydrogen (secondary N) is 1. The number of carbonyl (C=O) groups excluding carboxylic acids is 1. The maximum atomic E-state index is 13.9. The molecule has 4 rings (SSSR count). The van der Waals surface area contributed by atoms with E-state index in [4.69, 9.17) is 0 Å². The van der Waals surface area contributed by atoms with Crippen molar-refractivity contribution in [2.24, 2.45) is 11.8 Å². The van der Waals surface area contributed by atoms with Gasteiger partial charge in [0.25, 0.3) is 5.91 Å². The van der Waals surface area contributed by atoms with Gasteiger partial charge in [0, 0.05) is 37.3 Å². The molecule has 1 aromatic carbocycles. The minimum absolute atomic E-state index is 0.110. The zero-order valence-corrected chi connectivity index (χ0v) is 16.4. The van der Waals surface area contributed by atoms with Gasteiger partial charge in [-0.05, 0) is 54.9 Å². The summed E-state index contributed by atoms with van der Waals surface area (Å²) in [6.07, 6.45) is 2.97. The lowest BCUT2D eigenvalue weighted by atomic mass is 9.91. The van der Waals surface area contributed by atoms with Gasteiger partial charge < -0.3 is 15.3 Å². The Bertz CT molecular complexity index is 931. The number of carbonyl (C=O) groups is 2. The normalized spacial score (nSPS) is 22.4. The van der Waals surface area contributed by atoms with Crippen molar-refractivity contribution in [2.45, 2.75) is 25.3 Å². The minimum atomic E-state index is -0.922. The van der Waals surface area contributed by atoms with E-state index in [9.17, 15) is 23.5 Å². The second-order valence-electron chi connectivity index (χ2n) is 7.72. The quantitative estimate of drug-likeness (QED) is 0.749. The summed E-state index contributed by atoms with van der Waals surface area (Å²) in [7, 11) is 0. The van der Waals surface area contributed by atoms with E-state index in [1.54, 1.807) is 0 Å². The van der Waals surface area contributed by atoms with Crippen LogP contribution in [0.15, 0.2) is 24.3 Å². The number of rotatable bonds is 6. The van der Waals surface area contributed by atoms with E-state index in [1.807, 2.05) is 0 Å². The Labute approximate surface area is 170 Å². The lowest BCUT2D eigenvalue weighted by Gasteiger charge is -2.36. The third-order valence-corrected chi connectivity index (χ3v) is 6.27. The SMILES string of the molecule is O=C(N[C@H]1CCN(CC2CC2)C[C@@H]1C(=O)O)c1cc(-c2ccc(F)cc2F)ns1. The van der Waals surface area contributed by atoms with Gasteiger partial charge >= 0.3 is 5.97 Å². The number of carboxylic acid groups (broad SMARTS) is 1. The lowest BCUT2D eigenvalue weighted by molar-refractivity contribution is -0.144. The molecule has 9 heteroatoms. The van der Waals surface area contributed by atoms with Gasteiger partial charge in [-0.3, -0.25) is 9.59 Å². The molecule has 2 fully saturated rings. The molecule has 0 spiro atoms. The average Bonchev–Trinajstić information content (AvgIpc) is 3.35. The summed E-state index contributed by atoms with van der Waals surface area (Å²) in [6, 6.07) is 4.14. The third-order valence-electron chi connectivity index (χ3n) is 5.48. The fourth-order valence-electron chi connectivity index (χ4n) is 3.72. The molecule has 29 heavy (non-hydrogen) atoms. The summed E-state index contributed by atoms with van der Waals surface area (Å²) in [5.74, 6) is -2.79. The van der Waals surface area contributed by atoms with Crippen molar-refractivity contribution in [3.8, 4) is 11.3 Å². The standard InChI is InChI=1S/C20H21F2N3O3S/c21-12-3-4-13(15(22)7-12)17-8-18(29-24-17)19(26)23-16-5-6-25(9-11-1-2-11)10-14(16)20(27)28/h3-4,7-8,11,14,16H,1-2,5-6,9-10H2,(H,23,26)(H,27,28)/t14-,16-/m0/s1. The second kappa shape index (κ2) is 8.16. The van der Waals surface area contributed by atoms with Crippen LogP contribution in [0.2, 0.25) is 0 Å². The monoisotopic (exact) mass is 421 g/mol. The highest BCUT2D eigenvalue weighted by Crippen LogP contribution is 2.31. The molecule has 0 unspecified atom stereocenters. The van der Waals surface area contributed by atoms with Crippen LogP contribution in [0.1, 0.15) is 28.9 Å². The number of aromatic nitrogens is 1. The number of benzene rings is 1. The molecular formula is C20H21F2N3O3S. The van der Waals surface area contributed by atoms with Gasteiger partial charge in [-0.15, -0.1) is 0 Å². The maximum absolute atomic E-state index is 13.9. The highest BCUT2D eigenvalue weighted by atomic mass is 32.1. The van der Waals surface area contributed by atoms with Crippen LogP contribution in [-0.2, 0) is 4.79 Å². The summed E-state index contributed by atoms with van der Waals surface area (Å²) in [5, 5.41) is 12.4. The van der Waals surface area contributed by atoms with E-state index in [1.165, 1.54) is 25.0 Å². The zero-order valence-electron chi connectivity index (χ0n) is 15.6. The average molecular weight is 421 g/mol. The molecule has 1 aliphatic heterocycles. The van der Waals surface area contributed by atoms with Crippen molar-refractivity contribution in [3.63, 3.8) is 0 Å². The number of aliphatic carboxylic acids is 1. The van der Waals surface area contributed by atoms with Gasteiger partial charge in [-0.1, -0.05) is 0 Å².